The highest BCUT2D eigenvalue weighted by molar-refractivity contribution is 8.15. The van der Waals surface area contributed by atoms with E-state index in [1.54, 1.807) is 4.90 Å². The normalized spacial score (nSPS) is 16.8. The Labute approximate surface area is 211 Å². The van der Waals surface area contributed by atoms with Gasteiger partial charge in [-0.15, -0.1) is 0 Å². The number of amidine groups is 1. The van der Waals surface area contributed by atoms with E-state index >= 15 is 0 Å². The number of thioether (sulfide) groups is 1. The number of aliphatic imine (C=N–C) groups is 1. The number of hydrogen-bond acceptors (Lipinski definition) is 5. The molecule has 1 unspecified atom stereocenters. The van der Waals surface area contributed by atoms with Gasteiger partial charge in [0.05, 0.1) is 11.3 Å². The molecule has 1 saturated heterocycles. The van der Waals surface area contributed by atoms with Crippen molar-refractivity contribution in [3.63, 3.8) is 0 Å². The summed E-state index contributed by atoms with van der Waals surface area (Å²) in [5.41, 5.74) is 2.30. The van der Waals surface area contributed by atoms with Crippen molar-refractivity contribution < 1.29 is 19.5 Å². The molecule has 0 saturated carbocycles. The summed E-state index contributed by atoms with van der Waals surface area (Å²) < 4.78 is 0. The molecule has 0 aromatic heterocycles. The Morgan fingerprint density at radius 1 is 1.03 bits per heavy atom. The lowest BCUT2D eigenvalue weighted by molar-refractivity contribution is -0.129. The van der Waals surface area contributed by atoms with Crippen LogP contribution >= 0.6 is 23.4 Å². The second-order valence-electron chi connectivity index (χ2n) is 7.83. The van der Waals surface area contributed by atoms with E-state index in [0.29, 0.717) is 34.5 Å². The molecule has 3 aromatic rings. The van der Waals surface area contributed by atoms with Gasteiger partial charge in [0.25, 0.3) is 0 Å². The van der Waals surface area contributed by atoms with E-state index in [-0.39, 0.29) is 23.8 Å². The number of rotatable bonds is 7. The van der Waals surface area contributed by atoms with Crippen molar-refractivity contribution in [1.82, 2.24) is 4.90 Å². The van der Waals surface area contributed by atoms with Crippen LogP contribution in [0.4, 0.5) is 11.4 Å². The van der Waals surface area contributed by atoms with Crippen LogP contribution < -0.4 is 5.32 Å². The van der Waals surface area contributed by atoms with Crippen LogP contribution in [-0.4, -0.2) is 44.8 Å². The van der Waals surface area contributed by atoms with Crippen molar-refractivity contribution in [3.05, 3.63) is 95.0 Å². The van der Waals surface area contributed by atoms with E-state index in [1.165, 1.54) is 36.0 Å². The lowest BCUT2D eigenvalue weighted by Gasteiger charge is -2.32. The topological polar surface area (TPSA) is 99.1 Å². The fourth-order valence-electron chi connectivity index (χ4n) is 3.49. The minimum absolute atomic E-state index is 0.0259. The fraction of sp³-hybridized carbons (Fsp3) is 0.154. The summed E-state index contributed by atoms with van der Waals surface area (Å²) in [5, 5.41) is 12.3. The summed E-state index contributed by atoms with van der Waals surface area (Å²) in [4.78, 5) is 43.4. The number of para-hydroxylation sites is 1. The highest BCUT2D eigenvalue weighted by Gasteiger charge is 2.35. The molecule has 9 heteroatoms. The number of amides is 2. The van der Waals surface area contributed by atoms with E-state index in [2.05, 4.69) is 10.3 Å². The van der Waals surface area contributed by atoms with E-state index in [9.17, 15) is 14.4 Å². The first-order chi connectivity index (χ1) is 16.9. The Kier molecular flexibility index (Phi) is 7.84. The van der Waals surface area contributed by atoms with E-state index in [4.69, 9.17) is 16.7 Å². The standard InChI is InChI=1S/C26H22ClN3O4S/c27-19-10-6-17(7-11-19)14-15-30-23(31)16-22(35-26(30)29-20-4-2-1-3-5-20)24(32)28-21-12-8-18(9-13-21)25(33)34/h1-13,22H,14-16H2,(H,28,32)(H,33,34). The number of benzene rings is 3. The van der Waals surface area contributed by atoms with Gasteiger partial charge in [0.2, 0.25) is 11.8 Å². The predicted molar refractivity (Wildman–Crippen MR) is 138 cm³/mol. The van der Waals surface area contributed by atoms with E-state index in [1.807, 2.05) is 54.6 Å². The van der Waals surface area contributed by atoms with Gasteiger partial charge >= 0.3 is 5.97 Å². The highest BCUT2D eigenvalue weighted by Crippen LogP contribution is 2.30. The van der Waals surface area contributed by atoms with Crippen molar-refractivity contribution in [2.24, 2.45) is 4.99 Å². The summed E-state index contributed by atoms with van der Waals surface area (Å²) in [6.45, 7) is 0.421. The lowest BCUT2D eigenvalue weighted by Crippen LogP contribution is -2.46. The number of carboxylic acid groups (broad SMARTS) is 1. The minimum Gasteiger partial charge on any atom is -0.478 e. The second-order valence-corrected chi connectivity index (χ2v) is 9.44. The van der Waals surface area contributed by atoms with Crippen molar-refractivity contribution in [1.29, 1.82) is 0 Å². The average molecular weight is 508 g/mol. The molecule has 1 atom stereocenters. The van der Waals surface area contributed by atoms with Crippen LogP contribution in [0.5, 0.6) is 0 Å². The molecule has 0 radical (unpaired) electrons. The first-order valence-corrected chi connectivity index (χ1v) is 12.1. The van der Waals surface area contributed by atoms with Gasteiger partial charge in [-0.25, -0.2) is 9.79 Å². The highest BCUT2D eigenvalue weighted by atomic mass is 35.5. The zero-order valence-corrected chi connectivity index (χ0v) is 20.1. The maximum atomic E-state index is 13.1. The molecule has 4 rings (SSSR count). The number of carboxylic acids is 1. The van der Waals surface area contributed by atoms with Gasteiger partial charge in [-0.3, -0.25) is 14.5 Å². The summed E-state index contributed by atoms with van der Waals surface area (Å²) in [6, 6.07) is 22.6. The Bertz CT molecular complexity index is 1250. The Morgan fingerprint density at radius 3 is 2.37 bits per heavy atom. The smallest absolute Gasteiger partial charge is 0.335 e. The van der Waals surface area contributed by atoms with Gasteiger partial charge in [-0.05, 0) is 60.5 Å². The van der Waals surface area contributed by atoms with Crippen LogP contribution in [0.15, 0.2) is 83.9 Å². The molecule has 7 nitrogen and oxygen atoms in total. The molecule has 1 fully saturated rings. The molecule has 2 amide bonds. The third-order valence-corrected chi connectivity index (χ3v) is 6.79. The van der Waals surface area contributed by atoms with Gasteiger partial charge in [0.15, 0.2) is 5.17 Å². The summed E-state index contributed by atoms with van der Waals surface area (Å²) in [6.07, 6.45) is 0.641. The van der Waals surface area contributed by atoms with Crippen LogP contribution in [0, 0.1) is 0 Å². The minimum atomic E-state index is -1.04. The van der Waals surface area contributed by atoms with E-state index < -0.39 is 11.2 Å². The molecule has 178 valence electrons. The van der Waals surface area contributed by atoms with Crippen LogP contribution in [0.2, 0.25) is 5.02 Å². The van der Waals surface area contributed by atoms with Crippen molar-refractivity contribution >= 4 is 57.7 Å². The molecule has 1 aliphatic rings. The largest absolute Gasteiger partial charge is 0.478 e. The molecule has 0 bridgehead atoms. The number of aromatic carboxylic acids is 1. The molecule has 0 spiro atoms. The molecule has 0 aliphatic carbocycles. The maximum Gasteiger partial charge on any atom is 0.335 e. The zero-order valence-electron chi connectivity index (χ0n) is 18.6. The molecular weight excluding hydrogens is 486 g/mol. The Morgan fingerprint density at radius 2 is 1.71 bits per heavy atom. The van der Waals surface area contributed by atoms with Gasteiger partial charge in [-0.2, -0.15) is 0 Å². The number of hydrogen-bond donors (Lipinski definition) is 2. The molecular formula is C26H22ClN3O4S. The monoisotopic (exact) mass is 507 g/mol. The Balaban J connectivity index is 1.51. The molecule has 2 N–H and O–H groups in total. The number of nitrogens with zero attached hydrogens (tertiary/aromatic N) is 2. The average Bonchev–Trinajstić information content (AvgIpc) is 2.85. The molecule has 3 aromatic carbocycles. The first kappa shape index (κ1) is 24.5. The summed E-state index contributed by atoms with van der Waals surface area (Å²) in [5.74, 6) is -1.57. The van der Waals surface area contributed by atoms with Crippen LogP contribution in [0.1, 0.15) is 22.3 Å². The molecule has 1 aliphatic heterocycles. The maximum absolute atomic E-state index is 13.1. The number of halogens is 1. The zero-order chi connectivity index (χ0) is 24.8. The third-order valence-electron chi connectivity index (χ3n) is 5.35. The Hall–Kier alpha value is -3.62. The summed E-state index contributed by atoms with van der Waals surface area (Å²) in [7, 11) is 0. The number of nitrogens with one attached hydrogen (secondary N) is 1. The predicted octanol–water partition coefficient (Wildman–Crippen LogP) is 5.24. The van der Waals surface area contributed by atoms with Crippen molar-refractivity contribution in [2.75, 3.05) is 11.9 Å². The number of anilines is 1. The lowest BCUT2D eigenvalue weighted by atomic mass is 10.1. The SMILES string of the molecule is O=C(O)c1ccc(NC(=O)C2CC(=O)N(CCc3ccc(Cl)cc3)C(=Nc3ccccc3)S2)cc1. The number of carbonyl (C=O) groups is 3. The van der Waals surface area contributed by atoms with Gasteiger partial charge in [0.1, 0.15) is 5.25 Å². The van der Waals surface area contributed by atoms with E-state index in [0.717, 1.165) is 5.56 Å². The molecule has 35 heavy (non-hydrogen) atoms. The van der Waals surface area contributed by atoms with Crippen molar-refractivity contribution in [2.45, 2.75) is 18.1 Å². The summed E-state index contributed by atoms with van der Waals surface area (Å²) >= 11 is 7.21. The second kappa shape index (κ2) is 11.2. The van der Waals surface area contributed by atoms with Crippen LogP contribution in [0.3, 0.4) is 0 Å². The van der Waals surface area contributed by atoms with Gasteiger partial charge < -0.3 is 10.4 Å². The van der Waals surface area contributed by atoms with Gasteiger partial charge in [-0.1, -0.05) is 53.7 Å². The van der Waals surface area contributed by atoms with Crippen LogP contribution in [-0.2, 0) is 16.0 Å². The fourth-order valence-corrected chi connectivity index (χ4v) is 4.74. The first-order valence-electron chi connectivity index (χ1n) is 10.9. The quantitative estimate of drug-likeness (QED) is 0.455. The van der Waals surface area contributed by atoms with Crippen LogP contribution in [0.25, 0.3) is 0 Å². The van der Waals surface area contributed by atoms with Crippen molar-refractivity contribution in [3.8, 4) is 0 Å². The van der Waals surface area contributed by atoms with Gasteiger partial charge in [0, 0.05) is 23.7 Å². The molecule has 1 heterocycles. The third kappa shape index (κ3) is 6.49. The number of carbonyl (C=O) groups excluding carboxylic acids is 2.